The summed E-state index contributed by atoms with van der Waals surface area (Å²) in [6, 6.07) is -0.816. The Hall–Kier alpha value is 0.0200. The topological polar surface area (TPSA) is 77.3 Å². The molecule has 0 fully saturated rings. The van der Waals surface area contributed by atoms with Gasteiger partial charge in [-0.15, -0.1) is 0 Å². The van der Waals surface area contributed by atoms with Gasteiger partial charge >= 0.3 is 5.97 Å². The van der Waals surface area contributed by atoms with Crippen LogP contribution in [0.4, 0.5) is 0 Å². The number of aliphatic carboxylic acids is 1. The molecular formula is C3H8N2O2S3. The first-order chi connectivity index (χ1) is 4.59. The maximum atomic E-state index is 9.76. The lowest BCUT2D eigenvalue weighted by Crippen LogP contribution is -2.54. The second-order valence-electron chi connectivity index (χ2n) is 1.21. The van der Waals surface area contributed by atoms with E-state index in [1.54, 1.807) is 0 Å². The number of rotatable bonds is 2. The van der Waals surface area contributed by atoms with E-state index in [0.717, 1.165) is 0 Å². The molecule has 7 heteroatoms. The summed E-state index contributed by atoms with van der Waals surface area (Å²) in [7, 11) is 0. The van der Waals surface area contributed by atoms with Crippen molar-refractivity contribution in [2.24, 2.45) is 5.73 Å². The fraction of sp³-hybridized carbons (Fsp3) is 0.667. The first-order valence-corrected chi connectivity index (χ1v) is 3.63. The summed E-state index contributed by atoms with van der Waals surface area (Å²) in [6.07, 6.45) is 0. The summed E-state index contributed by atoms with van der Waals surface area (Å²) in [5.41, 5.74) is 4.94. The van der Waals surface area contributed by atoms with Gasteiger partial charge in [0.25, 0.3) is 0 Å². The predicted molar refractivity (Wildman–Crippen MR) is 45.2 cm³/mol. The number of nitrogens with two attached hydrogens (primary N) is 1. The van der Waals surface area contributed by atoms with Gasteiger partial charge in [0.05, 0.1) is 0 Å². The molecule has 4 N–H and O–H groups in total. The molecule has 0 amide bonds. The Kier molecular flexibility index (Phi) is 11.4. The lowest BCUT2D eigenvalue weighted by atomic mass is 10.4. The van der Waals surface area contributed by atoms with Crippen molar-refractivity contribution >= 4 is 43.8 Å². The number of carbonyl (C=O) groups is 1. The molecule has 0 bridgehead atoms. The summed E-state index contributed by atoms with van der Waals surface area (Å²) in [5, 5.41) is 8.01. The van der Waals surface area contributed by atoms with E-state index in [4.69, 9.17) is 10.8 Å². The first kappa shape index (κ1) is 12.7. The van der Waals surface area contributed by atoms with Crippen molar-refractivity contribution in [1.82, 2.24) is 0 Å². The third kappa shape index (κ3) is 10.9. The minimum absolute atomic E-state index is 0.190. The highest BCUT2D eigenvalue weighted by atomic mass is 32.2. The SMILES string of the molecule is NC(CS)C(=O)O.S=[NH+][S-]. The van der Waals surface area contributed by atoms with Crippen molar-refractivity contribution in [1.29, 1.82) is 0 Å². The third-order valence-electron chi connectivity index (χ3n) is 0.514. The minimum Gasteiger partial charge on any atom is -0.480 e. The van der Waals surface area contributed by atoms with E-state index in [9.17, 15) is 4.79 Å². The largest absolute Gasteiger partial charge is 0.480 e. The van der Waals surface area contributed by atoms with Crippen molar-refractivity contribution < 1.29 is 13.7 Å². The van der Waals surface area contributed by atoms with Gasteiger partial charge in [-0.25, -0.2) is 0 Å². The highest BCUT2D eigenvalue weighted by Crippen LogP contribution is 1.80. The van der Waals surface area contributed by atoms with Crippen LogP contribution in [0.15, 0.2) is 0 Å². The monoisotopic (exact) mass is 200 g/mol. The standard InChI is InChI=1S/C3H7NO2S.HNS2/c4-2(1-7)3(5)6;2-1-3/h2,7H,1,4H2,(H,5,6);1H. The molecule has 0 aromatic heterocycles. The van der Waals surface area contributed by atoms with E-state index in [1.807, 2.05) is 3.77 Å². The zero-order valence-electron chi connectivity index (χ0n) is 4.98. The number of hydrogen-bond donors (Lipinski definition) is 4. The average molecular weight is 200 g/mol. The molecule has 0 aromatic carbocycles. The molecule has 1 atom stereocenters. The Morgan fingerprint density at radius 1 is 2.00 bits per heavy atom. The molecule has 0 aliphatic carbocycles. The molecule has 0 spiro atoms. The quantitative estimate of drug-likeness (QED) is 0.295. The zero-order valence-corrected chi connectivity index (χ0v) is 7.51. The van der Waals surface area contributed by atoms with E-state index in [0.29, 0.717) is 0 Å². The fourth-order valence-electron chi connectivity index (χ4n) is 0.0781. The van der Waals surface area contributed by atoms with Gasteiger partial charge in [0.2, 0.25) is 0 Å². The van der Waals surface area contributed by atoms with Gasteiger partial charge < -0.3 is 10.8 Å². The Morgan fingerprint density at radius 3 is 2.30 bits per heavy atom. The van der Waals surface area contributed by atoms with Crippen LogP contribution in [0.3, 0.4) is 0 Å². The van der Waals surface area contributed by atoms with Crippen molar-refractivity contribution in [3.05, 3.63) is 0 Å². The number of thiol groups is 1. The second kappa shape index (κ2) is 9.02. The Labute approximate surface area is 75.3 Å². The first-order valence-electron chi connectivity index (χ1n) is 2.18. The second-order valence-corrected chi connectivity index (χ2v) is 2.24. The van der Waals surface area contributed by atoms with Crippen LogP contribution < -0.4 is 9.50 Å². The minimum atomic E-state index is -1.00. The molecule has 0 saturated heterocycles. The number of nitrogens with one attached hydrogen (secondary N) is 1. The lowest BCUT2D eigenvalue weighted by Gasteiger charge is -1.96. The maximum absolute atomic E-state index is 9.76. The summed E-state index contributed by atoms with van der Waals surface area (Å²) in [4.78, 5) is 9.76. The Morgan fingerprint density at radius 2 is 2.30 bits per heavy atom. The number of carboxylic acid groups (broad SMARTS) is 1. The molecular weight excluding hydrogens is 192 g/mol. The molecule has 4 nitrogen and oxygen atoms in total. The van der Waals surface area contributed by atoms with E-state index in [2.05, 4.69) is 37.9 Å². The number of carboxylic acids is 1. The number of hydrogen-bond acceptors (Lipinski definition) is 5. The average Bonchev–Trinajstić information content (AvgIpc) is 1.88. The molecule has 0 rings (SSSR count). The van der Waals surface area contributed by atoms with Crippen LogP contribution in [0.5, 0.6) is 0 Å². The molecule has 1 unspecified atom stereocenters. The molecule has 0 aromatic rings. The molecule has 60 valence electrons. The third-order valence-corrected chi connectivity index (χ3v) is 0.907. The molecule has 10 heavy (non-hydrogen) atoms. The molecule has 0 aliphatic rings. The summed E-state index contributed by atoms with van der Waals surface area (Å²) in [5.74, 6) is -0.815. The van der Waals surface area contributed by atoms with Crippen molar-refractivity contribution in [2.75, 3.05) is 5.75 Å². The lowest BCUT2D eigenvalue weighted by molar-refractivity contribution is -0.198. The van der Waals surface area contributed by atoms with Gasteiger partial charge in [-0.05, 0) is 0 Å². The molecule has 0 heterocycles. The van der Waals surface area contributed by atoms with Crippen molar-refractivity contribution in [2.45, 2.75) is 6.04 Å². The van der Waals surface area contributed by atoms with E-state index >= 15 is 0 Å². The van der Waals surface area contributed by atoms with Crippen LogP contribution in [0.25, 0.3) is 0 Å². The van der Waals surface area contributed by atoms with Gasteiger partial charge in [0.1, 0.15) is 6.04 Å². The van der Waals surface area contributed by atoms with E-state index in [1.165, 1.54) is 0 Å². The summed E-state index contributed by atoms with van der Waals surface area (Å²) in [6.45, 7) is 0. The van der Waals surface area contributed by atoms with Crippen LogP contribution in [0, 0.1) is 0 Å². The van der Waals surface area contributed by atoms with E-state index < -0.39 is 12.0 Å². The smallest absolute Gasteiger partial charge is 0.321 e. The van der Waals surface area contributed by atoms with Crippen LogP contribution in [-0.4, -0.2) is 22.9 Å². The van der Waals surface area contributed by atoms with Crippen LogP contribution in [0.1, 0.15) is 0 Å². The maximum Gasteiger partial charge on any atom is 0.321 e. The fourth-order valence-corrected chi connectivity index (χ4v) is 0.234. The van der Waals surface area contributed by atoms with Gasteiger partial charge in [0, 0.05) is 5.75 Å². The van der Waals surface area contributed by atoms with E-state index in [-0.39, 0.29) is 5.75 Å². The van der Waals surface area contributed by atoms with Crippen LogP contribution >= 0.6 is 12.6 Å². The molecule has 0 radical (unpaired) electrons. The van der Waals surface area contributed by atoms with Crippen molar-refractivity contribution in [3.8, 4) is 0 Å². The molecule has 0 aliphatic heterocycles. The summed E-state index contributed by atoms with van der Waals surface area (Å²) < 4.78 is 1.92. The zero-order chi connectivity index (χ0) is 8.57. The Balaban J connectivity index is 0. The Bertz CT molecular complexity index is 110. The van der Waals surface area contributed by atoms with Gasteiger partial charge in [-0.3, -0.25) is 8.56 Å². The predicted octanol–water partition coefficient (Wildman–Crippen LogP) is -2.41. The van der Waals surface area contributed by atoms with Crippen molar-refractivity contribution in [3.63, 3.8) is 0 Å². The van der Waals surface area contributed by atoms with Crippen LogP contribution in [0.2, 0.25) is 0 Å². The van der Waals surface area contributed by atoms with Gasteiger partial charge in [-0.2, -0.15) is 12.6 Å². The van der Waals surface area contributed by atoms with Gasteiger partial charge in [0.15, 0.2) is 0 Å². The summed E-state index contributed by atoms with van der Waals surface area (Å²) >= 11 is 11.6. The van der Waals surface area contributed by atoms with Gasteiger partial charge in [-0.1, -0.05) is 25.2 Å². The molecule has 0 saturated carbocycles. The van der Waals surface area contributed by atoms with Crippen LogP contribution in [-0.2, 0) is 30.0 Å². The highest BCUT2D eigenvalue weighted by molar-refractivity contribution is 7.80. The normalized spacial score (nSPS) is 10.6. The highest BCUT2D eigenvalue weighted by Gasteiger charge is 2.06.